The first-order valence-corrected chi connectivity index (χ1v) is 6.05. The predicted molar refractivity (Wildman–Crippen MR) is 69.6 cm³/mol. The summed E-state index contributed by atoms with van der Waals surface area (Å²) < 4.78 is 19.9. The van der Waals surface area contributed by atoms with Gasteiger partial charge >= 0.3 is 0 Å². The van der Waals surface area contributed by atoms with E-state index in [0.29, 0.717) is 16.9 Å². The number of hydrogen-bond acceptors (Lipinski definition) is 2. The number of ether oxygens (including phenoxy) is 1. The second-order valence-electron chi connectivity index (χ2n) is 3.66. The zero-order valence-corrected chi connectivity index (χ0v) is 10.9. The molecule has 2 rings (SSSR count). The van der Waals surface area contributed by atoms with Gasteiger partial charge in [-0.1, -0.05) is 22.0 Å². The van der Waals surface area contributed by atoms with Crippen LogP contribution in [-0.4, -0.2) is 0 Å². The minimum atomic E-state index is -0.371. The molecule has 0 aliphatic rings. The quantitative estimate of drug-likeness (QED) is 0.857. The molecule has 0 unspecified atom stereocenters. The predicted octanol–water partition coefficient (Wildman–Crippen LogP) is 4.04. The summed E-state index contributed by atoms with van der Waals surface area (Å²) >= 11 is 3.33. The fourth-order valence-corrected chi connectivity index (χ4v) is 1.85. The molecule has 0 radical (unpaired) electrons. The monoisotopic (exact) mass is 305 g/mol. The van der Waals surface area contributed by atoms with Crippen molar-refractivity contribution in [3.05, 3.63) is 63.9 Å². The van der Waals surface area contributed by atoms with Crippen LogP contribution in [0.15, 0.2) is 46.9 Å². The maximum Gasteiger partial charge on any atom is 0.129 e. The van der Waals surface area contributed by atoms with Crippen molar-refractivity contribution in [1.29, 1.82) is 5.26 Å². The third-order valence-corrected chi connectivity index (χ3v) is 2.86. The van der Waals surface area contributed by atoms with E-state index in [1.54, 1.807) is 12.1 Å². The smallest absolute Gasteiger partial charge is 0.129 e. The van der Waals surface area contributed by atoms with E-state index in [1.807, 2.05) is 18.2 Å². The highest BCUT2D eigenvalue weighted by Gasteiger charge is 2.05. The van der Waals surface area contributed by atoms with Gasteiger partial charge in [-0.05, 0) is 36.4 Å². The van der Waals surface area contributed by atoms with E-state index in [9.17, 15) is 4.39 Å². The van der Waals surface area contributed by atoms with E-state index >= 15 is 0 Å². The van der Waals surface area contributed by atoms with Crippen LogP contribution in [0.5, 0.6) is 5.75 Å². The van der Waals surface area contributed by atoms with Crippen LogP contribution in [0.2, 0.25) is 0 Å². The van der Waals surface area contributed by atoms with Crippen molar-refractivity contribution >= 4 is 15.9 Å². The van der Waals surface area contributed by atoms with Gasteiger partial charge in [-0.2, -0.15) is 5.26 Å². The molecule has 0 bridgehead atoms. The number of nitrogens with zero attached hydrogens (tertiary/aromatic N) is 1. The molecule has 0 aliphatic heterocycles. The van der Waals surface area contributed by atoms with Crippen molar-refractivity contribution < 1.29 is 9.13 Å². The van der Waals surface area contributed by atoms with Crippen molar-refractivity contribution in [2.45, 2.75) is 6.61 Å². The Labute approximate surface area is 113 Å². The molecule has 0 fully saturated rings. The summed E-state index contributed by atoms with van der Waals surface area (Å²) in [6.07, 6.45) is 0. The molecule has 0 atom stereocenters. The first-order valence-electron chi connectivity index (χ1n) is 5.26. The molecule has 0 amide bonds. The summed E-state index contributed by atoms with van der Waals surface area (Å²) in [7, 11) is 0. The average molecular weight is 306 g/mol. The molecule has 90 valence electrons. The Balaban J connectivity index is 2.13. The summed E-state index contributed by atoms with van der Waals surface area (Å²) in [5.41, 5.74) is 0.790. The maximum absolute atomic E-state index is 13.5. The Morgan fingerprint density at radius 2 is 2.06 bits per heavy atom. The molecule has 0 spiro atoms. The van der Waals surface area contributed by atoms with Crippen molar-refractivity contribution in [2.24, 2.45) is 0 Å². The maximum atomic E-state index is 13.5. The molecule has 0 saturated heterocycles. The summed E-state index contributed by atoms with van der Waals surface area (Å²) in [5.74, 6) is 0.273. The van der Waals surface area contributed by atoms with Crippen molar-refractivity contribution in [2.75, 3.05) is 0 Å². The molecular weight excluding hydrogens is 297 g/mol. The van der Waals surface area contributed by atoms with Gasteiger partial charge in [0, 0.05) is 10.0 Å². The number of hydrogen-bond donors (Lipinski definition) is 0. The fraction of sp³-hybridized carbons (Fsp3) is 0.0714. The molecule has 2 aromatic rings. The first kappa shape index (κ1) is 12.6. The molecule has 0 aromatic heterocycles. The van der Waals surface area contributed by atoms with Gasteiger partial charge in [-0.25, -0.2) is 4.39 Å². The lowest BCUT2D eigenvalue weighted by Gasteiger charge is -2.07. The van der Waals surface area contributed by atoms with Gasteiger partial charge < -0.3 is 4.74 Å². The third-order valence-electron chi connectivity index (χ3n) is 2.37. The van der Waals surface area contributed by atoms with Crippen LogP contribution in [-0.2, 0) is 6.61 Å². The van der Waals surface area contributed by atoms with Crippen LogP contribution in [0.1, 0.15) is 11.1 Å². The molecule has 4 heteroatoms. The van der Waals surface area contributed by atoms with Gasteiger partial charge in [0.2, 0.25) is 0 Å². The van der Waals surface area contributed by atoms with Crippen LogP contribution < -0.4 is 4.74 Å². The Bertz CT molecular complexity index is 607. The lowest BCUT2D eigenvalue weighted by molar-refractivity contribution is 0.299. The van der Waals surface area contributed by atoms with Gasteiger partial charge in [-0.15, -0.1) is 0 Å². The molecule has 2 nitrogen and oxygen atoms in total. The Morgan fingerprint density at radius 3 is 2.78 bits per heavy atom. The second kappa shape index (κ2) is 5.65. The molecular formula is C14H9BrFNO. The number of rotatable bonds is 3. The SMILES string of the molecule is N#Cc1ccc(F)c(COc2cccc(Br)c2)c1. The van der Waals surface area contributed by atoms with Crippen LogP contribution in [0.4, 0.5) is 4.39 Å². The van der Waals surface area contributed by atoms with E-state index in [0.717, 1.165) is 4.47 Å². The number of nitriles is 1. The van der Waals surface area contributed by atoms with Crippen molar-refractivity contribution in [1.82, 2.24) is 0 Å². The zero-order valence-electron chi connectivity index (χ0n) is 9.36. The van der Waals surface area contributed by atoms with Gasteiger partial charge in [0.1, 0.15) is 18.2 Å². The first-order chi connectivity index (χ1) is 8.69. The lowest BCUT2D eigenvalue weighted by Crippen LogP contribution is -1.99. The highest BCUT2D eigenvalue weighted by Crippen LogP contribution is 2.19. The normalized spacial score (nSPS) is 9.83. The Kier molecular flexibility index (Phi) is 3.96. The molecule has 18 heavy (non-hydrogen) atoms. The van der Waals surface area contributed by atoms with Gasteiger partial charge in [0.05, 0.1) is 11.6 Å². The third kappa shape index (κ3) is 3.08. The standard InChI is InChI=1S/C14H9BrFNO/c15-12-2-1-3-13(7-12)18-9-11-6-10(8-17)4-5-14(11)16/h1-7H,9H2. The summed E-state index contributed by atoms with van der Waals surface area (Å²) in [6.45, 7) is 0.0950. The molecule has 2 aromatic carbocycles. The van der Waals surface area contributed by atoms with Crippen molar-refractivity contribution in [3.63, 3.8) is 0 Å². The van der Waals surface area contributed by atoms with E-state index in [-0.39, 0.29) is 12.4 Å². The zero-order chi connectivity index (χ0) is 13.0. The van der Waals surface area contributed by atoms with Crippen LogP contribution in [0, 0.1) is 17.1 Å². The number of halogens is 2. The molecule has 0 aliphatic carbocycles. The number of benzene rings is 2. The minimum absolute atomic E-state index is 0.0950. The van der Waals surface area contributed by atoms with Gasteiger partial charge in [0.15, 0.2) is 0 Å². The van der Waals surface area contributed by atoms with Crippen molar-refractivity contribution in [3.8, 4) is 11.8 Å². The van der Waals surface area contributed by atoms with Crippen LogP contribution >= 0.6 is 15.9 Å². The highest BCUT2D eigenvalue weighted by molar-refractivity contribution is 9.10. The molecule has 0 saturated carbocycles. The van der Waals surface area contributed by atoms with Gasteiger partial charge in [-0.3, -0.25) is 0 Å². The summed E-state index contributed by atoms with van der Waals surface area (Å²) in [5, 5.41) is 8.76. The van der Waals surface area contributed by atoms with Gasteiger partial charge in [0.25, 0.3) is 0 Å². The Morgan fingerprint density at radius 1 is 1.22 bits per heavy atom. The fourth-order valence-electron chi connectivity index (χ4n) is 1.47. The molecule has 0 heterocycles. The minimum Gasteiger partial charge on any atom is -0.489 e. The highest BCUT2D eigenvalue weighted by atomic mass is 79.9. The van der Waals surface area contributed by atoms with E-state index in [2.05, 4.69) is 15.9 Å². The second-order valence-corrected chi connectivity index (χ2v) is 4.58. The van der Waals surface area contributed by atoms with Crippen LogP contribution in [0.25, 0.3) is 0 Å². The topological polar surface area (TPSA) is 33.0 Å². The average Bonchev–Trinajstić information content (AvgIpc) is 2.38. The Hall–Kier alpha value is -1.86. The lowest BCUT2D eigenvalue weighted by atomic mass is 10.1. The van der Waals surface area contributed by atoms with E-state index in [1.165, 1.54) is 18.2 Å². The molecule has 0 N–H and O–H groups in total. The largest absolute Gasteiger partial charge is 0.489 e. The summed E-state index contributed by atoms with van der Waals surface area (Å²) in [6, 6.07) is 13.5. The van der Waals surface area contributed by atoms with E-state index in [4.69, 9.17) is 10.00 Å². The van der Waals surface area contributed by atoms with E-state index < -0.39 is 0 Å². The van der Waals surface area contributed by atoms with Crippen LogP contribution in [0.3, 0.4) is 0 Å². The summed E-state index contributed by atoms with van der Waals surface area (Å²) in [4.78, 5) is 0.